The monoisotopic (exact) mass is 278 g/mol. The number of aliphatic hydroxyl groups excluding tert-OH is 1. The van der Waals surface area contributed by atoms with Crippen LogP contribution in [0.15, 0.2) is 29.6 Å². The van der Waals surface area contributed by atoms with Crippen LogP contribution in [0.4, 0.5) is 0 Å². The zero-order valence-electron chi connectivity index (χ0n) is 10.3. The fourth-order valence-electron chi connectivity index (χ4n) is 1.94. The summed E-state index contributed by atoms with van der Waals surface area (Å²) in [7, 11) is 0. The SMILES string of the molecule is OCc1cc2c(cc1OCCc1cccs1)OCO2. The highest BCUT2D eigenvalue weighted by Crippen LogP contribution is 2.38. The summed E-state index contributed by atoms with van der Waals surface area (Å²) in [5, 5.41) is 11.4. The number of hydrogen-bond acceptors (Lipinski definition) is 5. The van der Waals surface area contributed by atoms with Gasteiger partial charge in [0.2, 0.25) is 6.79 Å². The van der Waals surface area contributed by atoms with Crippen molar-refractivity contribution in [3.8, 4) is 17.2 Å². The molecule has 1 aliphatic rings. The molecule has 2 heterocycles. The molecule has 0 unspecified atom stereocenters. The fraction of sp³-hybridized carbons (Fsp3) is 0.286. The van der Waals surface area contributed by atoms with Crippen LogP contribution >= 0.6 is 11.3 Å². The van der Waals surface area contributed by atoms with Crippen molar-refractivity contribution in [3.63, 3.8) is 0 Å². The Hall–Kier alpha value is -1.72. The van der Waals surface area contributed by atoms with E-state index in [0.717, 1.165) is 12.0 Å². The summed E-state index contributed by atoms with van der Waals surface area (Å²) < 4.78 is 16.3. The van der Waals surface area contributed by atoms with Gasteiger partial charge < -0.3 is 19.3 Å². The molecule has 0 aliphatic carbocycles. The molecule has 1 aromatic carbocycles. The number of thiophene rings is 1. The van der Waals surface area contributed by atoms with E-state index in [1.807, 2.05) is 6.07 Å². The number of aliphatic hydroxyl groups is 1. The Labute approximate surface area is 115 Å². The molecule has 2 aromatic rings. The van der Waals surface area contributed by atoms with Gasteiger partial charge in [0.05, 0.1) is 13.2 Å². The molecular weight excluding hydrogens is 264 g/mol. The molecule has 1 aliphatic heterocycles. The van der Waals surface area contributed by atoms with E-state index in [1.54, 1.807) is 23.5 Å². The van der Waals surface area contributed by atoms with Crippen molar-refractivity contribution in [1.82, 2.24) is 0 Å². The Bertz CT molecular complexity index is 551. The van der Waals surface area contributed by atoms with Crippen molar-refractivity contribution in [2.45, 2.75) is 13.0 Å². The summed E-state index contributed by atoms with van der Waals surface area (Å²) in [6.07, 6.45) is 0.858. The molecule has 1 aromatic heterocycles. The Morgan fingerprint density at radius 2 is 2.11 bits per heavy atom. The van der Waals surface area contributed by atoms with Crippen LogP contribution < -0.4 is 14.2 Å². The quantitative estimate of drug-likeness (QED) is 0.913. The topological polar surface area (TPSA) is 47.9 Å². The number of rotatable bonds is 5. The first-order valence-corrected chi connectivity index (χ1v) is 6.93. The highest BCUT2D eigenvalue weighted by atomic mass is 32.1. The summed E-state index contributed by atoms with van der Waals surface area (Å²) in [6.45, 7) is 0.719. The lowest BCUT2D eigenvalue weighted by molar-refractivity contribution is 0.173. The molecule has 100 valence electrons. The van der Waals surface area contributed by atoms with Crippen LogP contribution in [0.5, 0.6) is 17.2 Å². The van der Waals surface area contributed by atoms with E-state index >= 15 is 0 Å². The minimum atomic E-state index is -0.0784. The van der Waals surface area contributed by atoms with Crippen molar-refractivity contribution >= 4 is 11.3 Å². The summed E-state index contributed by atoms with van der Waals surface area (Å²) in [4.78, 5) is 1.28. The second-order valence-corrected chi connectivity index (χ2v) is 5.18. The maximum Gasteiger partial charge on any atom is 0.231 e. The average Bonchev–Trinajstić information content (AvgIpc) is 3.08. The van der Waals surface area contributed by atoms with E-state index in [1.165, 1.54) is 4.88 Å². The molecule has 0 atom stereocenters. The molecule has 0 saturated carbocycles. The van der Waals surface area contributed by atoms with Gasteiger partial charge in [0, 0.05) is 22.9 Å². The van der Waals surface area contributed by atoms with Crippen molar-refractivity contribution in [2.24, 2.45) is 0 Å². The first-order chi connectivity index (χ1) is 9.36. The van der Waals surface area contributed by atoms with Crippen LogP contribution in [0.1, 0.15) is 10.4 Å². The summed E-state index contributed by atoms with van der Waals surface area (Å²) in [5.74, 6) is 1.99. The van der Waals surface area contributed by atoms with Gasteiger partial charge in [0.15, 0.2) is 11.5 Å². The summed E-state index contributed by atoms with van der Waals surface area (Å²) >= 11 is 1.71. The Morgan fingerprint density at radius 3 is 2.84 bits per heavy atom. The van der Waals surface area contributed by atoms with Gasteiger partial charge in [-0.05, 0) is 17.5 Å². The van der Waals surface area contributed by atoms with Crippen LogP contribution in [0, 0.1) is 0 Å². The summed E-state index contributed by atoms with van der Waals surface area (Å²) in [6, 6.07) is 7.66. The largest absolute Gasteiger partial charge is 0.493 e. The van der Waals surface area contributed by atoms with Gasteiger partial charge in [-0.1, -0.05) is 6.07 Å². The molecule has 0 spiro atoms. The van der Waals surface area contributed by atoms with Crippen LogP contribution in [0.25, 0.3) is 0 Å². The maximum absolute atomic E-state index is 9.36. The smallest absolute Gasteiger partial charge is 0.231 e. The van der Waals surface area contributed by atoms with E-state index in [0.29, 0.717) is 23.9 Å². The molecule has 0 radical (unpaired) electrons. The molecule has 1 N–H and O–H groups in total. The number of fused-ring (bicyclic) bond motifs is 1. The molecule has 0 saturated heterocycles. The minimum absolute atomic E-state index is 0.0784. The molecule has 0 fully saturated rings. The molecule has 5 heteroatoms. The molecule has 0 amide bonds. The first kappa shape index (κ1) is 12.3. The van der Waals surface area contributed by atoms with E-state index in [4.69, 9.17) is 14.2 Å². The molecule has 0 bridgehead atoms. The number of hydrogen-bond donors (Lipinski definition) is 1. The van der Waals surface area contributed by atoms with E-state index in [9.17, 15) is 5.11 Å². The molecule has 19 heavy (non-hydrogen) atoms. The minimum Gasteiger partial charge on any atom is -0.493 e. The zero-order chi connectivity index (χ0) is 13.1. The van der Waals surface area contributed by atoms with Crippen molar-refractivity contribution < 1.29 is 19.3 Å². The van der Waals surface area contributed by atoms with Gasteiger partial charge in [-0.15, -0.1) is 11.3 Å². The van der Waals surface area contributed by atoms with Crippen LogP contribution in [-0.4, -0.2) is 18.5 Å². The van der Waals surface area contributed by atoms with Gasteiger partial charge in [-0.3, -0.25) is 0 Å². The van der Waals surface area contributed by atoms with E-state index < -0.39 is 0 Å². The fourth-order valence-corrected chi connectivity index (χ4v) is 2.63. The Kier molecular flexibility index (Phi) is 3.57. The highest BCUT2D eigenvalue weighted by molar-refractivity contribution is 7.09. The Balaban J connectivity index is 1.69. The lowest BCUT2D eigenvalue weighted by atomic mass is 10.2. The second-order valence-electron chi connectivity index (χ2n) is 4.15. The Morgan fingerprint density at radius 1 is 1.26 bits per heavy atom. The van der Waals surface area contributed by atoms with Gasteiger partial charge in [-0.25, -0.2) is 0 Å². The molecular formula is C14H14O4S. The highest BCUT2D eigenvalue weighted by Gasteiger charge is 2.17. The van der Waals surface area contributed by atoms with Crippen molar-refractivity contribution in [1.29, 1.82) is 0 Å². The third-order valence-electron chi connectivity index (χ3n) is 2.91. The van der Waals surface area contributed by atoms with E-state index in [-0.39, 0.29) is 13.4 Å². The van der Waals surface area contributed by atoms with Gasteiger partial charge in [0.1, 0.15) is 5.75 Å². The molecule has 4 nitrogen and oxygen atoms in total. The average molecular weight is 278 g/mol. The summed E-state index contributed by atoms with van der Waals surface area (Å²) in [5.41, 5.74) is 0.718. The lowest BCUT2D eigenvalue weighted by Gasteiger charge is -2.10. The molecule has 3 rings (SSSR count). The number of benzene rings is 1. The lowest BCUT2D eigenvalue weighted by Crippen LogP contribution is -2.02. The third kappa shape index (κ3) is 2.67. The first-order valence-electron chi connectivity index (χ1n) is 6.05. The predicted octanol–water partition coefficient (Wildman–Crippen LogP) is 2.59. The van der Waals surface area contributed by atoms with Crippen LogP contribution in [0.3, 0.4) is 0 Å². The van der Waals surface area contributed by atoms with Gasteiger partial charge >= 0.3 is 0 Å². The van der Waals surface area contributed by atoms with Crippen LogP contribution in [-0.2, 0) is 13.0 Å². The van der Waals surface area contributed by atoms with Crippen molar-refractivity contribution in [3.05, 3.63) is 40.1 Å². The van der Waals surface area contributed by atoms with Gasteiger partial charge in [0.25, 0.3) is 0 Å². The van der Waals surface area contributed by atoms with Gasteiger partial charge in [-0.2, -0.15) is 0 Å². The predicted molar refractivity (Wildman–Crippen MR) is 72.0 cm³/mol. The normalized spacial score (nSPS) is 12.7. The third-order valence-corrected chi connectivity index (χ3v) is 3.85. The van der Waals surface area contributed by atoms with E-state index in [2.05, 4.69) is 11.4 Å². The van der Waals surface area contributed by atoms with Crippen LogP contribution in [0.2, 0.25) is 0 Å². The number of ether oxygens (including phenoxy) is 3. The standard InChI is InChI=1S/C14H14O4S/c15-8-10-6-13-14(18-9-17-13)7-12(10)16-4-3-11-2-1-5-19-11/h1-2,5-7,15H,3-4,8-9H2. The van der Waals surface area contributed by atoms with Crippen molar-refractivity contribution in [2.75, 3.05) is 13.4 Å². The zero-order valence-corrected chi connectivity index (χ0v) is 11.1. The second kappa shape index (κ2) is 5.50. The maximum atomic E-state index is 9.36.